The average Bonchev–Trinajstić information content (AvgIpc) is 2.51. The van der Waals surface area contributed by atoms with Crippen LogP contribution in [-0.4, -0.2) is 44.7 Å². The fraction of sp³-hybridized carbons (Fsp3) is 0.429. The van der Waals surface area contributed by atoms with Gasteiger partial charge in [-0.3, -0.25) is 9.59 Å². The van der Waals surface area contributed by atoms with Crippen LogP contribution < -0.4 is 21.1 Å². The van der Waals surface area contributed by atoms with Gasteiger partial charge in [-0.15, -0.1) is 0 Å². The third-order valence-electron chi connectivity index (χ3n) is 2.54. The number of anilines is 1. The Kier molecular flexibility index (Phi) is 8.27. The Bertz CT molecular complexity index is 511. The number of benzene rings is 1. The Morgan fingerprint density at radius 3 is 2.73 bits per heavy atom. The summed E-state index contributed by atoms with van der Waals surface area (Å²) >= 11 is 5.92. The van der Waals surface area contributed by atoms with Crippen LogP contribution in [0.3, 0.4) is 0 Å². The topological polar surface area (TPSA) is 103 Å². The molecule has 0 heterocycles. The molecule has 0 aliphatic heterocycles. The van der Waals surface area contributed by atoms with E-state index < -0.39 is 11.8 Å². The zero-order valence-electron chi connectivity index (χ0n) is 12.4. The second kappa shape index (κ2) is 9.99. The number of nitrogens with two attached hydrogens (primary N) is 1. The quantitative estimate of drug-likeness (QED) is 0.581. The summed E-state index contributed by atoms with van der Waals surface area (Å²) in [4.78, 5) is 22.8. The number of carbonyl (C=O) groups is 2. The molecular weight excluding hydrogens is 310 g/mol. The average molecular weight is 330 g/mol. The number of halogens is 1. The van der Waals surface area contributed by atoms with Crippen molar-refractivity contribution in [1.29, 1.82) is 0 Å². The van der Waals surface area contributed by atoms with E-state index in [1.54, 1.807) is 18.2 Å². The van der Waals surface area contributed by atoms with Gasteiger partial charge in [0, 0.05) is 11.6 Å². The van der Waals surface area contributed by atoms with Crippen LogP contribution in [0.1, 0.15) is 6.92 Å². The predicted molar refractivity (Wildman–Crippen MR) is 84.1 cm³/mol. The highest BCUT2D eigenvalue weighted by Crippen LogP contribution is 2.27. The van der Waals surface area contributed by atoms with Gasteiger partial charge in [0.15, 0.2) is 0 Å². The normalized spacial score (nSPS) is 10.1. The first-order valence-electron chi connectivity index (χ1n) is 6.83. The summed E-state index contributed by atoms with van der Waals surface area (Å²) in [6.45, 7) is 2.94. The van der Waals surface area contributed by atoms with E-state index in [1.165, 1.54) is 0 Å². The molecule has 8 heteroatoms. The lowest BCUT2D eigenvalue weighted by Gasteiger charge is -2.13. The Morgan fingerprint density at radius 1 is 1.27 bits per heavy atom. The van der Waals surface area contributed by atoms with Crippen molar-refractivity contribution in [2.24, 2.45) is 5.73 Å². The number of nitrogens with one attached hydrogen (secondary N) is 2. The summed E-state index contributed by atoms with van der Waals surface area (Å²) in [5, 5.41) is 5.46. The van der Waals surface area contributed by atoms with Crippen molar-refractivity contribution in [2.75, 3.05) is 38.2 Å². The molecule has 0 radical (unpaired) electrons. The second-order valence-corrected chi connectivity index (χ2v) is 4.65. The molecule has 0 aromatic heterocycles. The monoisotopic (exact) mass is 329 g/mol. The number of hydrogen-bond donors (Lipinski definition) is 3. The maximum absolute atomic E-state index is 11.8. The Balaban J connectivity index is 2.61. The number of carbonyl (C=O) groups excluding carboxylic acids is 2. The second-order valence-electron chi connectivity index (χ2n) is 4.21. The molecule has 122 valence electrons. The Labute approximate surface area is 134 Å². The van der Waals surface area contributed by atoms with Crippen LogP contribution >= 0.6 is 11.6 Å². The molecule has 2 amide bonds. The van der Waals surface area contributed by atoms with E-state index in [0.717, 1.165) is 0 Å². The molecule has 22 heavy (non-hydrogen) atoms. The molecule has 0 spiro atoms. The van der Waals surface area contributed by atoms with Crippen molar-refractivity contribution in [3.05, 3.63) is 23.2 Å². The highest BCUT2D eigenvalue weighted by atomic mass is 35.5. The molecule has 7 nitrogen and oxygen atoms in total. The van der Waals surface area contributed by atoms with Crippen LogP contribution in [0.15, 0.2) is 18.2 Å². The molecule has 0 fully saturated rings. The van der Waals surface area contributed by atoms with E-state index in [1.807, 2.05) is 6.92 Å². The van der Waals surface area contributed by atoms with E-state index in [2.05, 4.69) is 10.6 Å². The highest BCUT2D eigenvalue weighted by molar-refractivity contribution is 6.31. The summed E-state index contributed by atoms with van der Waals surface area (Å²) in [7, 11) is 0. The van der Waals surface area contributed by atoms with Gasteiger partial charge in [-0.25, -0.2) is 0 Å². The lowest BCUT2D eigenvalue weighted by atomic mass is 10.3. The van der Waals surface area contributed by atoms with Crippen molar-refractivity contribution in [2.45, 2.75) is 6.92 Å². The van der Waals surface area contributed by atoms with E-state index in [0.29, 0.717) is 36.3 Å². The molecule has 1 aromatic rings. The van der Waals surface area contributed by atoms with Crippen LogP contribution in [0.25, 0.3) is 0 Å². The van der Waals surface area contributed by atoms with Crippen molar-refractivity contribution in [3.8, 4) is 5.75 Å². The largest absolute Gasteiger partial charge is 0.489 e. The predicted octanol–water partition coefficient (Wildman–Crippen LogP) is 0.769. The van der Waals surface area contributed by atoms with Gasteiger partial charge in [-0.2, -0.15) is 0 Å². The molecule has 0 saturated heterocycles. The minimum atomic E-state index is -0.408. The maximum atomic E-state index is 11.8. The van der Waals surface area contributed by atoms with Gasteiger partial charge in [0.05, 0.1) is 25.4 Å². The standard InChI is InChI=1S/C14H20ClN3O4/c1-2-21-5-6-22-12-4-3-10(15)7-11(12)18-14(20)9-17-13(19)8-16/h3-4,7H,2,5-6,8-9,16H2,1H3,(H,17,19)(H,18,20). The first kappa shape index (κ1) is 18.2. The lowest BCUT2D eigenvalue weighted by molar-refractivity contribution is -0.123. The van der Waals surface area contributed by atoms with Crippen LogP contribution in [0.4, 0.5) is 5.69 Å². The van der Waals surface area contributed by atoms with Gasteiger partial charge >= 0.3 is 0 Å². The van der Waals surface area contributed by atoms with Crippen LogP contribution in [0, 0.1) is 0 Å². The van der Waals surface area contributed by atoms with Crippen molar-refractivity contribution in [1.82, 2.24) is 5.32 Å². The minimum absolute atomic E-state index is 0.170. The van der Waals surface area contributed by atoms with Crippen molar-refractivity contribution in [3.63, 3.8) is 0 Å². The molecule has 0 aliphatic carbocycles. The summed E-state index contributed by atoms with van der Waals surface area (Å²) in [6, 6.07) is 4.88. The summed E-state index contributed by atoms with van der Waals surface area (Å²) in [6.07, 6.45) is 0. The maximum Gasteiger partial charge on any atom is 0.243 e. The van der Waals surface area contributed by atoms with E-state index >= 15 is 0 Å². The smallest absolute Gasteiger partial charge is 0.243 e. The molecule has 0 bridgehead atoms. The van der Waals surface area contributed by atoms with Crippen molar-refractivity contribution >= 4 is 29.1 Å². The summed E-state index contributed by atoms with van der Waals surface area (Å²) in [5.74, 6) is -0.337. The van der Waals surface area contributed by atoms with Gasteiger partial charge in [0.1, 0.15) is 12.4 Å². The summed E-state index contributed by atoms with van der Waals surface area (Å²) < 4.78 is 10.7. The number of ether oxygens (including phenoxy) is 2. The van der Waals surface area contributed by atoms with E-state index in [9.17, 15) is 9.59 Å². The lowest BCUT2D eigenvalue weighted by Crippen LogP contribution is -2.36. The number of amides is 2. The van der Waals surface area contributed by atoms with Gasteiger partial charge in [-0.1, -0.05) is 11.6 Å². The first-order valence-corrected chi connectivity index (χ1v) is 7.21. The molecule has 0 unspecified atom stereocenters. The van der Waals surface area contributed by atoms with Gasteiger partial charge < -0.3 is 25.8 Å². The zero-order chi connectivity index (χ0) is 16.4. The molecule has 1 rings (SSSR count). The molecule has 1 aromatic carbocycles. The highest BCUT2D eigenvalue weighted by Gasteiger charge is 2.10. The third kappa shape index (κ3) is 6.75. The third-order valence-corrected chi connectivity index (χ3v) is 2.77. The number of hydrogen-bond acceptors (Lipinski definition) is 5. The fourth-order valence-electron chi connectivity index (χ4n) is 1.53. The SMILES string of the molecule is CCOCCOc1ccc(Cl)cc1NC(=O)CNC(=O)CN. The first-order chi connectivity index (χ1) is 10.6. The molecular formula is C14H20ClN3O4. The van der Waals surface area contributed by atoms with Crippen LogP contribution in [-0.2, 0) is 14.3 Å². The van der Waals surface area contributed by atoms with E-state index in [4.69, 9.17) is 26.8 Å². The molecule has 0 saturated carbocycles. The Morgan fingerprint density at radius 2 is 2.05 bits per heavy atom. The molecule has 4 N–H and O–H groups in total. The van der Waals surface area contributed by atoms with Crippen molar-refractivity contribution < 1.29 is 19.1 Å². The summed E-state index contributed by atoms with van der Waals surface area (Å²) in [5.41, 5.74) is 5.57. The van der Waals surface area contributed by atoms with Crippen LogP contribution in [0.2, 0.25) is 5.02 Å². The van der Waals surface area contributed by atoms with Gasteiger partial charge in [-0.05, 0) is 25.1 Å². The molecule has 0 atom stereocenters. The minimum Gasteiger partial charge on any atom is -0.489 e. The van der Waals surface area contributed by atoms with Gasteiger partial charge in [0.25, 0.3) is 0 Å². The fourth-order valence-corrected chi connectivity index (χ4v) is 1.70. The van der Waals surface area contributed by atoms with Crippen LogP contribution in [0.5, 0.6) is 5.75 Å². The van der Waals surface area contributed by atoms with Gasteiger partial charge in [0.2, 0.25) is 11.8 Å². The number of rotatable bonds is 9. The zero-order valence-corrected chi connectivity index (χ0v) is 13.1. The van der Waals surface area contributed by atoms with E-state index in [-0.39, 0.29) is 13.1 Å². The molecule has 0 aliphatic rings. The Hall–Kier alpha value is -1.83.